The molecule has 176 valence electrons. The lowest BCUT2D eigenvalue weighted by Crippen LogP contribution is -2.44. The van der Waals surface area contributed by atoms with E-state index in [9.17, 15) is 14.4 Å². The highest BCUT2D eigenvalue weighted by atomic mass is 79.9. The molecule has 2 N–H and O–H groups in total. The van der Waals surface area contributed by atoms with Crippen LogP contribution in [-0.2, 0) is 16.0 Å². The highest BCUT2D eigenvalue weighted by molar-refractivity contribution is 9.10. The molecule has 1 aliphatic carbocycles. The van der Waals surface area contributed by atoms with Gasteiger partial charge in [0.2, 0.25) is 12.3 Å². The van der Waals surface area contributed by atoms with Crippen LogP contribution in [0.15, 0.2) is 59.1 Å². The maximum Gasteiger partial charge on any atom is 0.252 e. The lowest BCUT2D eigenvalue weighted by Gasteiger charge is -2.26. The van der Waals surface area contributed by atoms with E-state index in [1.807, 2.05) is 36.4 Å². The second-order valence-corrected chi connectivity index (χ2v) is 9.57. The predicted octanol–water partition coefficient (Wildman–Crippen LogP) is 4.15. The van der Waals surface area contributed by atoms with Crippen LogP contribution in [0.5, 0.6) is 0 Å². The van der Waals surface area contributed by atoms with Gasteiger partial charge >= 0.3 is 0 Å². The molecule has 0 bridgehead atoms. The molecule has 7 heteroatoms. The number of hydrogen-bond donors (Lipinski definition) is 2. The molecule has 1 saturated carbocycles. The summed E-state index contributed by atoms with van der Waals surface area (Å²) in [5.74, 6) is -0.152. The Labute approximate surface area is 204 Å². The second kappa shape index (κ2) is 13.1. The molecule has 0 heterocycles. The van der Waals surface area contributed by atoms with Gasteiger partial charge in [-0.1, -0.05) is 78.0 Å². The number of hydrogen-bond acceptors (Lipinski definition) is 3. The summed E-state index contributed by atoms with van der Waals surface area (Å²) >= 11 is 3.36. The summed E-state index contributed by atoms with van der Waals surface area (Å²) in [5, 5.41) is 5.59. The summed E-state index contributed by atoms with van der Waals surface area (Å²) < 4.78 is 0.820. The van der Waals surface area contributed by atoms with Crippen molar-refractivity contribution >= 4 is 34.2 Å². The van der Waals surface area contributed by atoms with E-state index in [0.29, 0.717) is 24.6 Å². The standard InChI is InChI=1S/C26H32BrN3O3/c27-24-12-6-11-22(16-24)25(32)28-18-29-26(33)23(15-21-9-4-5-10-21)17-30(19-31)14-13-20-7-2-1-3-8-20/h1-3,6-8,11-12,16,19,21,23H,4-5,9-10,13-15,17-18H2,(H,28,32)(H,29,33). The highest BCUT2D eigenvalue weighted by Crippen LogP contribution is 2.30. The molecule has 0 spiro atoms. The van der Waals surface area contributed by atoms with Crippen molar-refractivity contribution < 1.29 is 14.4 Å². The smallest absolute Gasteiger partial charge is 0.252 e. The minimum absolute atomic E-state index is 0.0520. The molecule has 0 radical (unpaired) electrons. The number of rotatable bonds is 12. The summed E-state index contributed by atoms with van der Waals surface area (Å²) in [5.41, 5.74) is 1.69. The van der Waals surface area contributed by atoms with Crippen molar-refractivity contribution in [1.82, 2.24) is 15.5 Å². The third kappa shape index (κ3) is 8.31. The predicted molar refractivity (Wildman–Crippen MR) is 132 cm³/mol. The molecule has 6 nitrogen and oxygen atoms in total. The third-order valence-corrected chi connectivity index (χ3v) is 6.69. The van der Waals surface area contributed by atoms with Crippen LogP contribution in [0.1, 0.15) is 48.0 Å². The summed E-state index contributed by atoms with van der Waals surface area (Å²) in [7, 11) is 0. The molecule has 3 amide bonds. The summed E-state index contributed by atoms with van der Waals surface area (Å²) in [4.78, 5) is 38.8. The number of nitrogens with zero attached hydrogens (tertiary/aromatic N) is 1. The molecule has 33 heavy (non-hydrogen) atoms. The van der Waals surface area contributed by atoms with Crippen molar-refractivity contribution in [1.29, 1.82) is 0 Å². The molecule has 1 atom stereocenters. The molecule has 0 aliphatic heterocycles. The van der Waals surface area contributed by atoms with Gasteiger partial charge in [0.05, 0.1) is 12.6 Å². The molecule has 0 aromatic heterocycles. The van der Waals surface area contributed by atoms with Gasteiger partial charge in [0, 0.05) is 23.1 Å². The second-order valence-electron chi connectivity index (χ2n) is 8.65. The first-order chi connectivity index (χ1) is 16.0. The van der Waals surface area contributed by atoms with Crippen LogP contribution in [-0.4, -0.2) is 42.9 Å². The van der Waals surface area contributed by atoms with E-state index in [-0.39, 0.29) is 24.4 Å². The van der Waals surface area contributed by atoms with E-state index in [2.05, 4.69) is 26.6 Å². The van der Waals surface area contributed by atoms with Gasteiger partial charge in [-0.25, -0.2) is 0 Å². The van der Waals surface area contributed by atoms with Crippen molar-refractivity contribution in [3.05, 3.63) is 70.2 Å². The van der Waals surface area contributed by atoms with Crippen LogP contribution in [0.2, 0.25) is 0 Å². The van der Waals surface area contributed by atoms with Crippen LogP contribution in [0.4, 0.5) is 0 Å². The van der Waals surface area contributed by atoms with E-state index in [1.54, 1.807) is 23.1 Å². The van der Waals surface area contributed by atoms with Crippen LogP contribution >= 0.6 is 15.9 Å². The molecule has 3 rings (SSSR count). The van der Waals surface area contributed by atoms with Gasteiger partial charge in [-0.3, -0.25) is 14.4 Å². The van der Waals surface area contributed by atoms with Crippen LogP contribution in [0, 0.1) is 11.8 Å². The zero-order valence-electron chi connectivity index (χ0n) is 18.8. The average molecular weight is 514 g/mol. The molecule has 1 unspecified atom stereocenters. The maximum atomic E-state index is 13.0. The van der Waals surface area contributed by atoms with E-state index < -0.39 is 0 Å². The average Bonchev–Trinajstić information content (AvgIpc) is 3.34. The summed E-state index contributed by atoms with van der Waals surface area (Å²) in [6.07, 6.45) is 7.03. The number of amides is 3. The zero-order valence-corrected chi connectivity index (χ0v) is 20.4. The van der Waals surface area contributed by atoms with E-state index >= 15 is 0 Å². The first kappa shape index (κ1) is 25.0. The van der Waals surface area contributed by atoms with Crippen LogP contribution < -0.4 is 10.6 Å². The molecule has 1 aliphatic rings. The number of benzene rings is 2. The van der Waals surface area contributed by atoms with Gasteiger partial charge in [-0.05, 0) is 42.5 Å². The number of carbonyl (C=O) groups excluding carboxylic acids is 3. The molecular weight excluding hydrogens is 482 g/mol. The Morgan fingerprint density at radius 1 is 1.06 bits per heavy atom. The fourth-order valence-electron chi connectivity index (χ4n) is 4.39. The minimum atomic E-state index is -0.295. The Morgan fingerprint density at radius 2 is 1.82 bits per heavy atom. The normalized spacial score (nSPS) is 14.5. The Balaban J connectivity index is 1.54. The molecule has 1 fully saturated rings. The van der Waals surface area contributed by atoms with Crippen molar-refractivity contribution in [3.8, 4) is 0 Å². The Morgan fingerprint density at radius 3 is 2.52 bits per heavy atom. The Kier molecular flexibility index (Phi) is 9.94. The molecule has 2 aromatic carbocycles. The van der Waals surface area contributed by atoms with E-state index in [1.165, 1.54) is 12.8 Å². The molecule has 2 aromatic rings. The fraction of sp³-hybridized carbons (Fsp3) is 0.423. The van der Waals surface area contributed by atoms with Crippen LogP contribution in [0.25, 0.3) is 0 Å². The first-order valence-corrected chi connectivity index (χ1v) is 12.4. The van der Waals surface area contributed by atoms with Gasteiger partial charge in [-0.2, -0.15) is 0 Å². The van der Waals surface area contributed by atoms with Crippen molar-refractivity contribution in [2.24, 2.45) is 11.8 Å². The number of halogens is 1. The highest BCUT2D eigenvalue weighted by Gasteiger charge is 2.27. The quantitative estimate of drug-likeness (QED) is 0.330. The maximum absolute atomic E-state index is 13.0. The SMILES string of the molecule is O=CN(CCc1ccccc1)CC(CC1CCCC1)C(=O)NCNC(=O)c1cccc(Br)c1. The fourth-order valence-corrected chi connectivity index (χ4v) is 4.79. The van der Waals surface area contributed by atoms with Crippen molar-refractivity contribution in [3.63, 3.8) is 0 Å². The van der Waals surface area contributed by atoms with Gasteiger partial charge in [0.25, 0.3) is 5.91 Å². The Bertz CT molecular complexity index is 916. The van der Waals surface area contributed by atoms with Crippen LogP contribution in [0.3, 0.4) is 0 Å². The monoisotopic (exact) mass is 513 g/mol. The van der Waals surface area contributed by atoms with E-state index in [4.69, 9.17) is 0 Å². The topological polar surface area (TPSA) is 78.5 Å². The van der Waals surface area contributed by atoms with Crippen molar-refractivity contribution in [2.45, 2.75) is 38.5 Å². The van der Waals surface area contributed by atoms with Gasteiger partial charge in [0.1, 0.15) is 0 Å². The van der Waals surface area contributed by atoms with Gasteiger partial charge in [0.15, 0.2) is 0 Å². The number of nitrogens with one attached hydrogen (secondary N) is 2. The van der Waals surface area contributed by atoms with E-state index in [0.717, 1.165) is 42.1 Å². The summed E-state index contributed by atoms with van der Waals surface area (Å²) in [6.45, 7) is 1.01. The lowest BCUT2D eigenvalue weighted by molar-refractivity contribution is -0.127. The molecular formula is C26H32BrN3O3. The first-order valence-electron chi connectivity index (χ1n) is 11.6. The van der Waals surface area contributed by atoms with Crippen molar-refractivity contribution in [2.75, 3.05) is 19.8 Å². The summed E-state index contributed by atoms with van der Waals surface area (Å²) in [6, 6.07) is 17.1. The lowest BCUT2D eigenvalue weighted by atomic mass is 9.92. The largest absolute Gasteiger partial charge is 0.344 e. The van der Waals surface area contributed by atoms with Gasteiger partial charge in [-0.15, -0.1) is 0 Å². The molecule has 0 saturated heterocycles. The Hall–Kier alpha value is -2.67. The number of carbonyl (C=O) groups is 3. The van der Waals surface area contributed by atoms with Gasteiger partial charge < -0.3 is 15.5 Å². The minimum Gasteiger partial charge on any atom is -0.344 e. The zero-order chi connectivity index (χ0) is 23.5. The third-order valence-electron chi connectivity index (χ3n) is 6.20.